The highest BCUT2D eigenvalue weighted by Crippen LogP contribution is 2.53. The molecule has 1 saturated carbocycles. The first kappa shape index (κ1) is 32.7. The van der Waals surface area contributed by atoms with E-state index in [2.05, 4.69) is 16.4 Å². The van der Waals surface area contributed by atoms with Crippen molar-refractivity contribution >= 4 is 28.6 Å². The van der Waals surface area contributed by atoms with Crippen LogP contribution in [-0.2, 0) is 43.8 Å². The predicted molar refractivity (Wildman–Crippen MR) is 173 cm³/mol. The molecule has 4 aliphatic rings. The first-order valence-corrected chi connectivity index (χ1v) is 17.4. The fourth-order valence-corrected chi connectivity index (χ4v) is 8.85. The molecule has 2 N–H and O–H groups in total. The number of halogens is 3. The summed E-state index contributed by atoms with van der Waals surface area (Å²) in [7, 11) is 0. The molecule has 1 unspecified atom stereocenters. The maximum atomic E-state index is 14.7. The lowest BCUT2D eigenvalue weighted by Gasteiger charge is -2.56. The van der Waals surface area contributed by atoms with Crippen LogP contribution in [0.25, 0.3) is 10.9 Å². The number of hydrogen-bond donors (Lipinski definition) is 2. The zero-order valence-corrected chi connectivity index (χ0v) is 27.1. The van der Waals surface area contributed by atoms with Crippen LogP contribution in [0.2, 0.25) is 0 Å². The van der Waals surface area contributed by atoms with E-state index in [0.29, 0.717) is 57.2 Å². The van der Waals surface area contributed by atoms with Crippen LogP contribution in [0.5, 0.6) is 0 Å². The summed E-state index contributed by atoms with van der Waals surface area (Å²) in [5, 5.41) is 3.85. The van der Waals surface area contributed by atoms with Gasteiger partial charge in [0, 0.05) is 55.1 Å². The number of carbonyl (C=O) groups excluding carboxylic acids is 3. The number of aromatic amines is 1. The Morgan fingerprint density at radius 1 is 1.02 bits per heavy atom. The highest BCUT2D eigenvalue weighted by molar-refractivity contribution is 5.93. The minimum Gasteiger partial charge on any atom is -0.378 e. The van der Waals surface area contributed by atoms with Crippen molar-refractivity contribution in [2.24, 2.45) is 17.8 Å². The number of benzene rings is 2. The molecule has 1 aliphatic carbocycles. The Morgan fingerprint density at radius 2 is 1.79 bits per heavy atom. The van der Waals surface area contributed by atoms with E-state index in [1.807, 2.05) is 28.0 Å². The van der Waals surface area contributed by atoms with Crippen LogP contribution in [0.3, 0.4) is 0 Å². The Kier molecular flexibility index (Phi) is 9.00. The van der Waals surface area contributed by atoms with Crippen LogP contribution < -0.4 is 5.32 Å². The van der Waals surface area contributed by atoms with Crippen molar-refractivity contribution in [3.63, 3.8) is 0 Å². The summed E-state index contributed by atoms with van der Waals surface area (Å²) in [6, 6.07) is 13.0. The number of ether oxygens (including phenoxy) is 1. The predicted octanol–water partition coefficient (Wildman–Crippen LogP) is 5.94. The molecule has 0 bridgehead atoms. The summed E-state index contributed by atoms with van der Waals surface area (Å²) in [6.07, 6.45) is 2.52. The Hall–Kier alpha value is -3.86. The molecule has 7 rings (SSSR count). The number of carbonyl (C=O) groups is 3. The first-order valence-electron chi connectivity index (χ1n) is 17.4. The van der Waals surface area contributed by atoms with E-state index in [1.165, 1.54) is 25.0 Å². The summed E-state index contributed by atoms with van der Waals surface area (Å²) in [5.74, 6) is -1.32. The molecule has 3 amide bonds. The van der Waals surface area contributed by atoms with Gasteiger partial charge in [0.2, 0.25) is 17.7 Å². The van der Waals surface area contributed by atoms with Gasteiger partial charge < -0.3 is 24.8 Å². The number of amides is 3. The Bertz CT molecular complexity index is 1680. The molecule has 11 heteroatoms. The van der Waals surface area contributed by atoms with Gasteiger partial charge >= 0.3 is 6.18 Å². The number of morpholine rings is 1. The maximum absolute atomic E-state index is 14.7. The fourth-order valence-electron chi connectivity index (χ4n) is 8.85. The zero-order chi connectivity index (χ0) is 33.5. The SMILES string of the molecule is O=C(CC1C[C@H](C(=O)N2CCOCC2)[C@@]2(CCC3CCCC3)c3[nH]c4ccccc4c3CCN2C1=O)NCc1cccc(C(F)(F)F)c1. The third kappa shape index (κ3) is 6.10. The maximum Gasteiger partial charge on any atom is 0.416 e. The Morgan fingerprint density at radius 3 is 2.56 bits per heavy atom. The van der Waals surface area contributed by atoms with Gasteiger partial charge in [-0.3, -0.25) is 14.4 Å². The lowest BCUT2D eigenvalue weighted by molar-refractivity contribution is -0.169. The topological polar surface area (TPSA) is 94.7 Å². The van der Waals surface area contributed by atoms with Crippen molar-refractivity contribution in [2.75, 3.05) is 32.8 Å². The van der Waals surface area contributed by atoms with E-state index < -0.39 is 35.0 Å². The van der Waals surface area contributed by atoms with Crippen LogP contribution in [0.15, 0.2) is 48.5 Å². The lowest BCUT2D eigenvalue weighted by atomic mass is 9.64. The summed E-state index contributed by atoms with van der Waals surface area (Å²) in [6.45, 7) is 2.22. The minimum atomic E-state index is -4.49. The van der Waals surface area contributed by atoms with Crippen molar-refractivity contribution in [3.05, 3.63) is 70.9 Å². The molecule has 0 spiro atoms. The molecule has 3 aromatic rings. The van der Waals surface area contributed by atoms with E-state index in [0.717, 1.165) is 53.6 Å². The van der Waals surface area contributed by atoms with E-state index in [1.54, 1.807) is 0 Å². The standard InChI is InChI=1S/C37H43F3N4O4/c38-37(39,40)27-9-5-8-25(20-27)23-41-32(45)22-26-21-30(35(47)43-16-18-48-19-17-43)36(14-12-24-6-1-2-7-24)33-29(13-15-44(36)34(26)46)28-10-3-4-11-31(28)42-33/h3-5,8-11,20,24,26,30,42H,1-2,6-7,12-19,21-23H2,(H,41,45)/t26?,30-,36+/m1/s1. The average Bonchev–Trinajstić information content (AvgIpc) is 3.76. The molecular weight excluding hydrogens is 621 g/mol. The summed E-state index contributed by atoms with van der Waals surface area (Å²) in [5.41, 5.74) is 1.79. The van der Waals surface area contributed by atoms with E-state index in [4.69, 9.17) is 4.74 Å². The number of nitrogens with one attached hydrogen (secondary N) is 2. The second-order valence-electron chi connectivity index (χ2n) is 14.0. The van der Waals surface area contributed by atoms with Crippen molar-refractivity contribution < 1.29 is 32.3 Å². The Balaban J connectivity index is 1.21. The molecule has 1 aromatic heterocycles. The number of nitrogens with zero attached hydrogens (tertiary/aromatic N) is 2. The van der Waals surface area contributed by atoms with Gasteiger partial charge in [-0.15, -0.1) is 0 Å². The van der Waals surface area contributed by atoms with Crippen molar-refractivity contribution in [1.82, 2.24) is 20.1 Å². The molecule has 0 radical (unpaired) electrons. The average molecular weight is 665 g/mol. The van der Waals surface area contributed by atoms with Gasteiger partial charge in [0.15, 0.2) is 0 Å². The molecule has 2 saturated heterocycles. The number of alkyl halides is 3. The highest BCUT2D eigenvalue weighted by Gasteiger charge is 2.59. The molecule has 3 atom stereocenters. The third-order valence-electron chi connectivity index (χ3n) is 11.2. The second-order valence-corrected chi connectivity index (χ2v) is 14.0. The van der Waals surface area contributed by atoms with Gasteiger partial charge in [0.25, 0.3) is 0 Å². The molecule has 48 heavy (non-hydrogen) atoms. The molecule has 4 heterocycles. The van der Waals surface area contributed by atoms with Gasteiger partial charge in [-0.2, -0.15) is 13.2 Å². The fraction of sp³-hybridized carbons (Fsp3) is 0.541. The molecule has 256 valence electrons. The number of aromatic nitrogens is 1. The van der Waals surface area contributed by atoms with Gasteiger partial charge in [-0.25, -0.2) is 0 Å². The number of piperidine rings is 1. The summed E-state index contributed by atoms with van der Waals surface area (Å²) in [4.78, 5) is 50.1. The van der Waals surface area contributed by atoms with Gasteiger partial charge in [-0.1, -0.05) is 56.0 Å². The lowest BCUT2D eigenvalue weighted by Crippen LogP contribution is -2.66. The highest BCUT2D eigenvalue weighted by atomic mass is 19.4. The number of para-hydroxylation sites is 1. The van der Waals surface area contributed by atoms with Gasteiger partial charge in [0.1, 0.15) is 0 Å². The molecule has 3 fully saturated rings. The molecular formula is C37H43F3N4O4. The van der Waals surface area contributed by atoms with Crippen molar-refractivity contribution in [2.45, 2.75) is 76.0 Å². The van der Waals surface area contributed by atoms with Crippen LogP contribution in [0.1, 0.15) is 73.8 Å². The zero-order valence-electron chi connectivity index (χ0n) is 27.1. The largest absolute Gasteiger partial charge is 0.416 e. The summed E-state index contributed by atoms with van der Waals surface area (Å²) >= 11 is 0. The number of rotatable bonds is 8. The second kappa shape index (κ2) is 13.2. The third-order valence-corrected chi connectivity index (χ3v) is 11.2. The van der Waals surface area contributed by atoms with E-state index in [9.17, 15) is 27.6 Å². The van der Waals surface area contributed by atoms with Crippen LogP contribution in [0, 0.1) is 17.8 Å². The smallest absolute Gasteiger partial charge is 0.378 e. The number of hydrogen-bond acceptors (Lipinski definition) is 4. The Labute approximate surface area is 278 Å². The van der Waals surface area contributed by atoms with Crippen LogP contribution in [0.4, 0.5) is 13.2 Å². The van der Waals surface area contributed by atoms with Crippen molar-refractivity contribution in [1.29, 1.82) is 0 Å². The quantitative estimate of drug-likeness (QED) is 0.312. The normalized spacial score (nSPS) is 24.9. The minimum absolute atomic E-state index is 0.0110. The van der Waals surface area contributed by atoms with E-state index >= 15 is 0 Å². The van der Waals surface area contributed by atoms with E-state index in [-0.39, 0.29) is 31.2 Å². The van der Waals surface area contributed by atoms with Gasteiger partial charge in [0.05, 0.1) is 30.2 Å². The molecule has 2 aromatic carbocycles. The summed E-state index contributed by atoms with van der Waals surface area (Å²) < 4.78 is 45.3. The van der Waals surface area contributed by atoms with Crippen molar-refractivity contribution in [3.8, 4) is 0 Å². The molecule has 8 nitrogen and oxygen atoms in total. The number of H-pyrrole nitrogens is 1. The first-order chi connectivity index (χ1) is 23.1. The van der Waals surface area contributed by atoms with Crippen LogP contribution >= 0.6 is 0 Å². The van der Waals surface area contributed by atoms with Gasteiger partial charge in [-0.05, 0) is 60.9 Å². The van der Waals surface area contributed by atoms with Crippen LogP contribution in [-0.4, -0.2) is 65.4 Å². The monoisotopic (exact) mass is 664 g/mol. The molecule has 3 aliphatic heterocycles. The number of fused-ring (bicyclic) bond motifs is 5.